The third-order valence-electron chi connectivity index (χ3n) is 7.43. The fourth-order valence-corrected chi connectivity index (χ4v) is 5.49. The summed E-state index contributed by atoms with van der Waals surface area (Å²) in [7, 11) is 1.55. The Morgan fingerprint density at radius 3 is 2.49 bits per heavy atom. The van der Waals surface area contributed by atoms with Gasteiger partial charge < -0.3 is 9.84 Å². The van der Waals surface area contributed by atoms with Crippen LogP contribution in [0.3, 0.4) is 0 Å². The number of para-hydroxylation sites is 1. The lowest BCUT2D eigenvalue weighted by molar-refractivity contribution is -0.384. The predicted molar refractivity (Wildman–Crippen MR) is 150 cm³/mol. The van der Waals surface area contributed by atoms with E-state index in [4.69, 9.17) is 4.74 Å². The Kier molecular flexibility index (Phi) is 6.78. The van der Waals surface area contributed by atoms with E-state index in [9.17, 15) is 25.4 Å². The number of anilines is 1. The van der Waals surface area contributed by atoms with Crippen LogP contribution in [0.25, 0.3) is 5.76 Å². The number of nitro benzene ring substituents is 1. The molecule has 0 aromatic heterocycles. The molecular weight excluding hydrogens is 494 g/mol. The van der Waals surface area contributed by atoms with E-state index in [0.29, 0.717) is 58.7 Å². The maximum Gasteiger partial charge on any atom is 0.271 e. The Balaban J connectivity index is 1.87. The van der Waals surface area contributed by atoms with Crippen molar-refractivity contribution in [3.63, 3.8) is 0 Å². The van der Waals surface area contributed by atoms with Gasteiger partial charge >= 0.3 is 0 Å². The smallest absolute Gasteiger partial charge is 0.271 e. The molecule has 5 rings (SSSR count). The number of nitro groups is 1. The van der Waals surface area contributed by atoms with E-state index >= 15 is 0 Å². The van der Waals surface area contributed by atoms with Gasteiger partial charge in [0.2, 0.25) is 0 Å². The molecule has 1 aliphatic carbocycles. The molecular formula is C31H29N3O5. The van der Waals surface area contributed by atoms with Gasteiger partial charge in [-0.05, 0) is 38.3 Å². The molecule has 1 atom stereocenters. The van der Waals surface area contributed by atoms with Gasteiger partial charge in [-0.15, -0.1) is 0 Å². The van der Waals surface area contributed by atoms with Crippen LogP contribution in [0.4, 0.5) is 11.4 Å². The van der Waals surface area contributed by atoms with Crippen LogP contribution >= 0.6 is 0 Å². The molecule has 39 heavy (non-hydrogen) atoms. The van der Waals surface area contributed by atoms with E-state index in [1.807, 2.05) is 44.2 Å². The molecule has 2 aliphatic rings. The largest absolute Gasteiger partial charge is 0.507 e. The average molecular weight is 524 g/mol. The van der Waals surface area contributed by atoms with Crippen LogP contribution in [0.15, 0.2) is 83.6 Å². The summed E-state index contributed by atoms with van der Waals surface area (Å²) >= 11 is 0. The van der Waals surface area contributed by atoms with Crippen LogP contribution < -0.4 is 9.64 Å². The van der Waals surface area contributed by atoms with Crippen molar-refractivity contribution in [1.29, 1.82) is 5.41 Å². The molecule has 198 valence electrons. The second kappa shape index (κ2) is 10.2. The van der Waals surface area contributed by atoms with E-state index in [2.05, 4.69) is 0 Å². The summed E-state index contributed by atoms with van der Waals surface area (Å²) in [6.07, 6.45) is 1.44. The van der Waals surface area contributed by atoms with Crippen molar-refractivity contribution in [2.45, 2.75) is 39.0 Å². The number of Topliss-reactive ketones (excluding diaryl/α,β-unsaturated/α-hetero) is 1. The first kappa shape index (κ1) is 25.9. The lowest BCUT2D eigenvalue weighted by Crippen LogP contribution is -2.42. The van der Waals surface area contributed by atoms with Gasteiger partial charge in [0.25, 0.3) is 5.69 Å². The van der Waals surface area contributed by atoms with Gasteiger partial charge in [0.05, 0.1) is 23.6 Å². The van der Waals surface area contributed by atoms with Gasteiger partial charge in [-0.2, -0.15) is 0 Å². The molecule has 8 heteroatoms. The first-order chi connectivity index (χ1) is 18.7. The molecule has 1 heterocycles. The molecule has 0 amide bonds. The number of aliphatic hydroxyl groups excluding tert-OH is 1. The Morgan fingerprint density at radius 2 is 1.79 bits per heavy atom. The van der Waals surface area contributed by atoms with Crippen LogP contribution in [0.5, 0.6) is 5.75 Å². The van der Waals surface area contributed by atoms with E-state index in [1.54, 1.807) is 36.3 Å². The number of ether oxygens (including phenoxy) is 1. The lowest BCUT2D eigenvalue weighted by atomic mass is 9.73. The highest BCUT2D eigenvalue weighted by atomic mass is 16.6. The van der Waals surface area contributed by atoms with Crippen molar-refractivity contribution in [3.05, 3.63) is 116 Å². The van der Waals surface area contributed by atoms with Crippen LogP contribution in [0.1, 0.15) is 47.4 Å². The van der Waals surface area contributed by atoms with E-state index in [1.165, 1.54) is 12.1 Å². The van der Waals surface area contributed by atoms with Gasteiger partial charge in [0.15, 0.2) is 5.78 Å². The highest BCUT2D eigenvalue weighted by Gasteiger charge is 2.44. The first-order valence-corrected chi connectivity index (χ1v) is 12.8. The number of allylic oxidation sites excluding steroid dienone is 2. The highest BCUT2D eigenvalue weighted by molar-refractivity contribution is 6.20. The Hall–Kier alpha value is -4.72. The topological polar surface area (TPSA) is 117 Å². The summed E-state index contributed by atoms with van der Waals surface area (Å²) in [5.74, 6) is -0.473. The van der Waals surface area contributed by atoms with Crippen molar-refractivity contribution in [3.8, 4) is 5.75 Å². The van der Waals surface area contributed by atoms with Crippen LogP contribution in [-0.2, 0) is 4.79 Å². The zero-order chi connectivity index (χ0) is 27.8. The standard InChI is InChI=1S/C31H29N3O5/c1-18-11-14-20(15-12-18)30(36)29-27(22-7-4-5-10-26(22)39-3)28-23(8-6-9-25(28)35)33(31(29)32)24-17-21(34(37)38)16-13-19(24)2/h4-5,7,10-17,27,32,36H,6,8-9H2,1-3H3/b30-29+,32-31?. The SMILES string of the molecule is COc1ccccc1C1C2=C(CCCC2=O)N(c2cc([N+](=O)[O-])ccc2C)C(=N)/C1=C(/O)c1ccc(C)cc1. The maximum absolute atomic E-state index is 13.7. The fraction of sp³-hybridized carbons (Fsp3) is 0.226. The number of rotatable bonds is 5. The molecule has 0 fully saturated rings. The van der Waals surface area contributed by atoms with E-state index in [0.717, 1.165) is 5.56 Å². The number of carbonyl (C=O) groups is 1. The number of carbonyl (C=O) groups excluding carboxylic acids is 1. The van der Waals surface area contributed by atoms with Crippen LogP contribution in [0.2, 0.25) is 0 Å². The molecule has 0 saturated carbocycles. The molecule has 0 radical (unpaired) electrons. The van der Waals surface area contributed by atoms with Gasteiger partial charge in [-0.3, -0.25) is 25.2 Å². The average Bonchev–Trinajstić information content (AvgIpc) is 2.93. The van der Waals surface area contributed by atoms with E-state index < -0.39 is 10.8 Å². The number of ketones is 1. The zero-order valence-electron chi connectivity index (χ0n) is 22.0. The summed E-state index contributed by atoms with van der Waals surface area (Å²) in [6, 6.07) is 19.1. The summed E-state index contributed by atoms with van der Waals surface area (Å²) < 4.78 is 5.67. The van der Waals surface area contributed by atoms with Crippen LogP contribution in [0, 0.1) is 29.4 Å². The third kappa shape index (κ3) is 4.48. The number of nitrogens with one attached hydrogen (secondary N) is 1. The second-order valence-corrected chi connectivity index (χ2v) is 9.85. The Morgan fingerprint density at radius 1 is 1.08 bits per heavy atom. The summed E-state index contributed by atoms with van der Waals surface area (Å²) in [5, 5.41) is 32.9. The monoisotopic (exact) mass is 523 g/mol. The number of hydrogen-bond acceptors (Lipinski definition) is 6. The number of nitrogens with zero attached hydrogens (tertiary/aromatic N) is 2. The van der Waals surface area contributed by atoms with Crippen molar-refractivity contribution >= 4 is 28.8 Å². The molecule has 0 saturated heterocycles. The Labute approximate surface area is 226 Å². The molecule has 3 aromatic rings. The van der Waals surface area contributed by atoms with Crippen LogP contribution in [-0.4, -0.2) is 28.8 Å². The summed E-state index contributed by atoms with van der Waals surface area (Å²) in [4.78, 5) is 26.5. The van der Waals surface area contributed by atoms with Crippen molar-refractivity contribution < 1.29 is 19.6 Å². The number of aryl methyl sites for hydroxylation is 2. The predicted octanol–water partition coefficient (Wildman–Crippen LogP) is 6.78. The maximum atomic E-state index is 13.7. The first-order valence-electron chi connectivity index (χ1n) is 12.8. The number of amidine groups is 1. The number of methoxy groups -OCH3 is 1. The number of non-ortho nitro benzene ring substituents is 1. The molecule has 3 aromatic carbocycles. The third-order valence-corrected chi connectivity index (χ3v) is 7.43. The van der Waals surface area contributed by atoms with Crippen molar-refractivity contribution in [1.82, 2.24) is 0 Å². The quantitative estimate of drug-likeness (QED) is 0.216. The normalized spacial score (nSPS) is 18.6. The molecule has 1 unspecified atom stereocenters. The summed E-state index contributed by atoms with van der Waals surface area (Å²) in [6.45, 7) is 3.76. The molecule has 1 aliphatic heterocycles. The highest BCUT2D eigenvalue weighted by Crippen LogP contribution is 2.50. The number of hydrogen-bond donors (Lipinski definition) is 2. The zero-order valence-corrected chi connectivity index (χ0v) is 22.0. The minimum absolute atomic E-state index is 0.0407. The minimum Gasteiger partial charge on any atom is -0.507 e. The van der Waals surface area contributed by atoms with E-state index in [-0.39, 0.29) is 28.6 Å². The second-order valence-electron chi connectivity index (χ2n) is 9.85. The van der Waals surface area contributed by atoms with Gasteiger partial charge in [0, 0.05) is 46.5 Å². The van der Waals surface area contributed by atoms with Gasteiger partial charge in [0.1, 0.15) is 17.3 Å². The fourth-order valence-electron chi connectivity index (χ4n) is 5.49. The number of benzene rings is 3. The van der Waals surface area contributed by atoms with Crippen molar-refractivity contribution in [2.75, 3.05) is 12.0 Å². The molecule has 0 spiro atoms. The molecule has 0 bridgehead atoms. The van der Waals surface area contributed by atoms with Gasteiger partial charge in [-0.1, -0.05) is 54.1 Å². The molecule has 8 nitrogen and oxygen atoms in total. The lowest BCUT2D eigenvalue weighted by Gasteiger charge is -2.42. The number of aliphatic hydroxyl groups is 1. The van der Waals surface area contributed by atoms with Gasteiger partial charge in [-0.25, -0.2) is 0 Å². The Bertz CT molecular complexity index is 1570. The summed E-state index contributed by atoms with van der Waals surface area (Å²) in [5.41, 5.74) is 4.54. The minimum atomic E-state index is -0.756. The molecule has 2 N–H and O–H groups in total. The van der Waals surface area contributed by atoms with Crippen molar-refractivity contribution in [2.24, 2.45) is 0 Å².